The first-order valence-electron chi connectivity index (χ1n) is 11.6. The van der Waals surface area contributed by atoms with Crippen molar-refractivity contribution < 1.29 is 24.2 Å². The summed E-state index contributed by atoms with van der Waals surface area (Å²) in [6.45, 7) is 0.427. The van der Waals surface area contributed by atoms with E-state index in [9.17, 15) is 14.4 Å². The molecule has 1 aliphatic carbocycles. The molecule has 4 rings (SSSR count). The molecule has 8 heteroatoms. The van der Waals surface area contributed by atoms with Crippen molar-refractivity contribution in [1.29, 1.82) is 0 Å². The van der Waals surface area contributed by atoms with Gasteiger partial charge in [0.15, 0.2) is 0 Å². The molecule has 0 fully saturated rings. The van der Waals surface area contributed by atoms with Gasteiger partial charge in [-0.3, -0.25) is 9.59 Å². The molecule has 0 saturated heterocycles. The fourth-order valence-electron chi connectivity index (χ4n) is 4.54. The molecule has 35 heavy (non-hydrogen) atoms. The number of likely N-dealkylation sites (N-methyl/N-ethyl adjacent to an activating group) is 1. The minimum absolute atomic E-state index is 0.0290. The highest BCUT2D eigenvalue weighted by Gasteiger charge is 2.30. The molecule has 2 aromatic carbocycles. The number of aromatic nitrogens is 1. The van der Waals surface area contributed by atoms with Crippen molar-refractivity contribution in [3.63, 3.8) is 0 Å². The second kappa shape index (κ2) is 10.9. The highest BCUT2D eigenvalue weighted by molar-refractivity contribution is 5.86. The van der Waals surface area contributed by atoms with Crippen molar-refractivity contribution in [3.8, 4) is 11.1 Å². The van der Waals surface area contributed by atoms with Gasteiger partial charge in [-0.2, -0.15) is 0 Å². The van der Waals surface area contributed by atoms with Crippen LogP contribution in [0.2, 0.25) is 0 Å². The van der Waals surface area contributed by atoms with Gasteiger partial charge in [-0.25, -0.2) is 4.79 Å². The highest BCUT2D eigenvalue weighted by Crippen LogP contribution is 2.44. The number of aromatic amines is 1. The monoisotopic (exact) mass is 475 g/mol. The number of benzene rings is 2. The SMILES string of the molecule is CN(CCCC(=O)O)C(=O)C(Cc1ccc[nH]1)NC(=O)OCC1c2ccccc2-c2ccccc21. The number of aliphatic carboxylic acids is 1. The number of carboxylic acid groups (broad SMARTS) is 1. The second-order valence-electron chi connectivity index (χ2n) is 8.68. The van der Waals surface area contributed by atoms with Crippen LogP contribution in [-0.2, 0) is 20.7 Å². The maximum atomic E-state index is 13.1. The molecule has 3 aromatic rings. The van der Waals surface area contributed by atoms with Gasteiger partial charge in [-0.05, 0) is 40.8 Å². The van der Waals surface area contributed by atoms with Crippen molar-refractivity contribution in [1.82, 2.24) is 15.2 Å². The van der Waals surface area contributed by atoms with Gasteiger partial charge >= 0.3 is 12.1 Å². The lowest BCUT2D eigenvalue weighted by Gasteiger charge is -2.24. The van der Waals surface area contributed by atoms with E-state index in [1.807, 2.05) is 48.5 Å². The summed E-state index contributed by atoms with van der Waals surface area (Å²) in [6.07, 6.45) is 1.65. The van der Waals surface area contributed by atoms with E-state index in [4.69, 9.17) is 9.84 Å². The van der Waals surface area contributed by atoms with Crippen LogP contribution in [0.4, 0.5) is 4.79 Å². The molecule has 182 valence electrons. The van der Waals surface area contributed by atoms with Crippen LogP contribution in [0.25, 0.3) is 11.1 Å². The van der Waals surface area contributed by atoms with Crippen LogP contribution < -0.4 is 5.32 Å². The number of carbonyl (C=O) groups is 3. The number of hydrogen-bond donors (Lipinski definition) is 3. The molecule has 0 spiro atoms. The number of carbonyl (C=O) groups excluding carboxylic acids is 2. The molecule has 0 aliphatic heterocycles. The number of hydrogen-bond acceptors (Lipinski definition) is 4. The molecule has 3 N–H and O–H groups in total. The molecule has 0 bridgehead atoms. The van der Waals surface area contributed by atoms with Gasteiger partial charge in [0.1, 0.15) is 12.6 Å². The number of fused-ring (bicyclic) bond motifs is 3. The Hall–Kier alpha value is -4.07. The Morgan fingerprint density at radius 2 is 1.69 bits per heavy atom. The van der Waals surface area contributed by atoms with Crippen LogP contribution in [-0.4, -0.2) is 59.2 Å². The van der Waals surface area contributed by atoms with Gasteiger partial charge in [-0.1, -0.05) is 48.5 Å². The third kappa shape index (κ3) is 5.71. The third-order valence-corrected chi connectivity index (χ3v) is 6.28. The molecule has 1 aromatic heterocycles. The van der Waals surface area contributed by atoms with Crippen molar-refractivity contribution in [2.24, 2.45) is 0 Å². The minimum Gasteiger partial charge on any atom is -0.481 e. The van der Waals surface area contributed by atoms with Gasteiger partial charge in [0.25, 0.3) is 0 Å². The number of amides is 2. The highest BCUT2D eigenvalue weighted by atomic mass is 16.5. The molecular weight excluding hydrogens is 446 g/mol. The standard InChI is InChI=1S/C27H29N3O5/c1-30(15-7-13-25(31)32)26(33)24(16-18-8-6-14-28-18)29-27(34)35-17-23-21-11-4-2-9-19(21)20-10-3-5-12-22(20)23/h2-6,8-12,14,23-24,28H,7,13,15-17H2,1H3,(H,29,34)(H,31,32). The predicted molar refractivity (Wildman–Crippen MR) is 131 cm³/mol. The summed E-state index contributed by atoms with van der Waals surface area (Å²) >= 11 is 0. The summed E-state index contributed by atoms with van der Waals surface area (Å²) in [5.41, 5.74) is 5.29. The van der Waals surface area contributed by atoms with E-state index in [1.165, 1.54) is 4.90 Å². The van der Waals surface area contributed by atoms with Crippen LogP contribution in [0.1, 0.15) is 35.6 Å². The Morgan fingerprint density at radius 3 is 2.29 bits per heavy atom. The average Bonchev–Trinajstić information content (AvgIpc) is 3.47. The molecule has 2 amide bonds. The van der Waals surface area contributed by atoms with Crippen LogP contribution in [0.5, 0.6) is 0 Å². The van der Waals surface area contributed by atoms with Crippen molar-refractivity contribution >= 4 is 18.0 Å². The Kier molecular flexibility index (Phi) is 7.50. The maximum Gasteiger partial charge on any atom is 0.407 e. The van der Waals surface area contributed by atoms with Crippen molar-refractivity contribution in [3.05, 3.63) is 83.7 Å². The summed E-state index contributed by atoms with van der Waals surface area (Å²) in [7, 11) is 1.60. The minimum atomic E-state index is -0.912. The quantitative estimate of drug-likeness (QED) is 0.413. The van der Waals surface area contributed by atoms with Gasteiger partial charge in [0.05, 0.1) is 0 Å². The fraction of sp³-hybridized carbons (Fsp3) is 0.296. The second-order valence-corrected chi connectivity index (χ2v) is 8.68. The maximum absolute atomic E-state index is 13.1. The molecule has 1 unspecified atom stereocenters. The van der Waals surface area contributed by atoms with E-state index in [0.717, 1.165) is 27.9 Å². The Morgan fingerprint density at radius 1 is 1.03 bits per heavy atom. The number of alkyl carbamates (subject to hydrolysis) is 1. The number of nitrogens with zero attached hydrogens (tertiary/aromatic N) is 1. The summed E-state index contributed by atoms with van der Waals surface area (Å²) in [4.78, 5) is 41.2. The number of carboxylic acids is 1. The summed E-state index contributed by atoms with van der Waals surface area (Å²) in [6, 6.07) is 19.0. The molecule has 1 aliphatic rings. The van der Waals surface area contributed by atoms with Crippen LogP contribution in [0.3, 0.4) is 0 Å². The van der Waals surface area contributed by atoms with Crippen LogP contribution in [0, 0.1) is 0 Å². The third-order valence-electron chi connectivity index (χ3n) is 6.28. The molecule has 1 heterocycles. The molecule has 0 radical (unpaired) electrons. The first kappa shape index (κ1) is 24.1. The zero-order valence-corrected chi connectivity index (χ0v) is 19.6. The zero-order valence-electron chi connectivity index (χ0n) is 19.6. The first-order chi connectivity index (χ1) is 16.9. The lowest BCUT2D eigenvalue weighted by Crippen LogP contribution is -2.49. The predicted octanol–water partition coefficient (Wildman–Crippen LogP) is 3.79. The Bertz CT molecular complexity index is 1150. The van der Waals surface area contributed by atoms with E-state index < -0.39 is 18.1 Å². The van der Waals surface area contributed by atoms with Gasteiger partial charge in [0, 0.05) is 44.2 Å². The summed E-state index contributed by atoms with van der Waals surface area (Å²) in [5, 5.41) is 11.6. The largest absolute Gasteiger partial charge is 0.481 e. The first-order valence-corrected chi connectivity index (χ1v) is 11.6. The van der Waals surface area contributed by atoms with E-state index in [0.29, 0.717) is 6.42 Å². The van der Waals surface area contributed by atoms with E-state index in [1.54, 1.807) is 13.2 Å². The fourth-order valence-corrected chi connectivity index (χ4v) is 4.54. The Balaban J connectivity index is 1.41. The average molecular weight is 476 g/mol. The number of H-pyrrole nitrogens is 1. The van der Waals surface area contributed by atoms with Crippen molar-refractivity contribution in [2.75, 3.05) is 20.2 Å². The smallest absolute Gasteiger partial charge is 0.407 e. The van der Waals surface area contributed by atoms with E-state index in [-0.39, 0.29) is 37.8 Å². The molecule has 1 atom stereocenters. The molecule has 0 saturated carbocycles. The van der Waals surface area contributed by atoms with E-state index in [2.05, 4.69) is 22.4 Å². The topological polar surface area (TPSA) is 112 Å². The number of ether oxygens (including phenoxy) is 1. The number of nitrogens with one attached hydrogen (secondary N) is 2. The van der Waals surface area contributed by atoms with Crippen LogP contribution >= 0.6 is 0 Å². The normalized spacial score (nSPS) is 12.9. The van der Waals surface area contributed by atoms with Gasteiger partial charge < -0.3 is 25.0 Å². The summed E-state index contributed by atoms with van der Waals surface area (Å²) < 4.78 is 5.62. The van der Waals surface area contributed by atoms with Gasteiger partial charge in [-0.15, -0.1) is 0 Å². The molecule has 8 nitrogen and oxygen atoms in total. The molecular formula is C27H29N3O5. The van der Waals surface area contributed by atoms with Crippen molar-refractivity contribution in [2.45, 2.75) is 31.2 Å². The number of rotatable bonds is 10. The Labute approximate surface area is 203 Å². The lowest BCUT2D eigenvalue weighted by molar-refractivity contribution is -0.138. The van der Waals surface area contributed by atoms with Crippen LogP contribution in [0.15, 0.2) is 66.9 Å². The van der Waals surface area contributed by atoms with Gasteiger partial charge in [0.2, 0.25) is 5.91 Å². The van der Waals surface area contributed by atoms with E-state index >= 15 is 0 Å². The zero-order chi connectivity index (χ0) is 24.8. The summed E-state index contributed by atoms with van der Waals surface area (Å²) in [5.74, 6) is -1.30. The lowest BCUT2D eigenvalue weighted by atomic mass is 9.98.